The molecule has 142 valence electrons. The SMILES string of the molecule is Cc1cc(C(=O)NCc2ccc(NC(=O)c3ccco3)cc2)ccc1[N+](=O)[O-]. The van der Waals surface area contributed by atoms with E-state index in [0.29, 0.717) is 16.8 Å². The molecule has 0 aliphatic carbocycles. The molecule has 0 fully saturated rings. The first-order valence-corrected chi connectivity index (χ1v) is 8.41. The van der Waals surface area contributed by atoms with Gasteiger partial charge in [-0.2, -0.15) is 0 Å². The average molecular weight is 379 g/mol. The standard InChI is InChI=1S/C20H17N3O5/c1-13-11-15(6-9-17(13)23(26)27)19(24)21-12-14-4-7-16(8-5-14)22-20(25)18-3-2-10-28-18/h2-11H,12H2,1H3,(H,21,24)(H,22,25). The van der Waals surface area contributed by atoms with Crippen LogP contribution in [0.3, 0.4) is 0 Å². The summed E-state index contributed by atoms with van der Waals surface area (Å²) in [5, 5.41) is 16.3. The van der Waals surface area contributed by atoms with E-state index in [1.54, 1.807) is 43.3 Å². The molecule has 0 aliphatic rings. The van der Waals surface area contributed by atoms with Crippen LogP contribution in [0.4, 0.5) is 11.4 Å². The third-order valence-electron chi connectivity index (χ3n) is 4.07. The molecule has 1 heterocycles. The molecule has 3 aromatic rings. The van der Waals surface area contributed by atoms with E-state index in [4.69, 9.17) is 4.42 Å². The number of amides is 2. The summed E-state index contributed by atoms with van der Waals surface area (Å²) >= 11 is 0. The second-order valence-electron chi connectivity index (χ2n) is 6.07. The Morgan fingerprint density at radius 1 is 1.07 bits per heavy atom. The molecule has 3 rings (SSSR count). The number of nitrogens with one attached hydrogen (secondary N) is 2. The lowest BCUT2D eigenvalue weighted by atomic mass is 10.1. The van der Waals surface area contributed by atoms with Crippen molar-refractivity contribution >= 4 is 23.2 Å². The molecule has 2 N–H and O–H groups in total. The Hall–Kier alpha value is -3.94. The highest BCUT2D eigenvalue weighted by atomic mass is 16.6. The second-order valence-corrected chi connectivity index (χ2v) is 6.07. The van der Waals surface area contributed by atoms with Gasteiger partial charge in [-0.1, -0.05) is 12.1 Å². The Labute approximate surface area is 160 Å². The van der Waals surface area contributed by atoms with E-state index in [2.05, 4.69) is 10.6 Å². The summed E-state index contributed by atoms with van der Waals surface area (Å²) in [6, 6.07) is 14.4. The number of furan rings is 1. The van der Waals surface area contributed by atoms with Crippen LogP contribution in [0.5, 0.6) is 0 Å². The lowest BCUT2D eigenvalue weighted by Crippen LogP contribution is -2.22. The molecular formula is C20H17N3O5. The molecule has 1 aromatic heterocycles. The van der Waals surface area contributed by atoms with Crippen molar-refractivity contribution in [1.82, 2.24) is 5.32 Å². The molecular weight excluding hydrogens is 362 g/mol. The summed E-state index contributed by atoms with van der Waals surface area (Å²) in [5.74, 6) is -0.456. The van der Waals surface area contributed by atoms with Crippen molar-refractivity contribution in [3.63, 3.8) is 0 Å². The Kier molecular flexibility index (Phi) is 5.50. The van der Waals surface area contributed by atoms with E-state index in [9.17, 15) is 19.7 Å². The Bertz CT molecular complexity index is 1010. The van der Waals surface area contributed by atoms with Crippen LogP contribution < -0.4 is 10.6 Å². The minimum atomic E-state index is -0.483. The quantitative estimate of drug-likeness (QED) is 0.501. The smallest absolute Gasteiger partial charge is 0.291 e. The third kappa shape index (κ3) is 4.42. The summed E-state index contributed by atoms with van der Waals surface area (Å²) in [6.45, 7) is 1.87. The molecule has 0 unspecified atom stereocenters. The van der Waals surface area contributed by atoms with Gasteiger partial charge in [0.05, 0.1) is 11.2 Å². The lowest BCUT2D eigenvalue weighted by Gasteiger charge is -2.08. The number of anilines is 1. The molecule has 0 spiro atoms. The van der Waals surface area contributed by atoms with Gasteiger partial charge in [-0.05, 0) is 48.9 Å². The summed E-state index contributed by atoms with van der Waals surface area (Å²) in [4.78, 5) is 34.5. The fraction of sp³-hybridized carbons (Fsp3) is 0.100. The van der Waals surface area contributed by atoms with Crippen LogP contribution in [0.1, 0.15) is 32.0 Å². The second kappa shape index (κ2) is 8.17. The van der Waals surface area contributed by atoms with Crippen molar-refractivity contribution < 1.29 is 18.9 Å². The Morgan fingerprint density at radius 3 is 2.43 bits per heavy atom. The molecule has 8 heteroatoms. The predicted molar refractivity (Wildman–Crippen MR) is 102 cm³/mol. The van der Waals surface area contributed by atoms with Crippen molar-refractivity contribution in [1.29, 1.82) is 0 Å². The van der Waals surface area contributed by atoms with Crippen LogP contribution in [-0.4, -0.2) is 16.7 Å². The van der Waals surface area contributed by atoms with Crippen LogP contribution in [0.25, 0.3) is 0 Å². The summed E-state index contributed by atoms with van der Waals surface area (Å²) < 4.78 is 5.03. The normalized spacial score (nSPS) is 10.3. The van der Waals surface area contributed by atoms with Gasteiger partial charge in [-0.25, -0.2) is 0 Å². The van der Waals surface area contributed by atoms with E-state index < -0.39 is 4.92 Å². The van der Waals surface area contributed by atoms with Crippen LogP contribution in [0.2, 0.25) is 0 Å². The summed E-state index contributed by atoms with van der Waals surface area (Å²) in [7, 11) is 0. The minimum Gasteiger partial charge on any atom is -0.459 e. The van der Waals surface area contributed by atoms with Gasteiger partial charge in [0, 0.05) is 29.4 Å². The number of benzene rings is 2. The van der Waals surface area contributed by atoms with E-state index >= 15 is 0 Å². The first kappa shape index (κ1) is 18.8. The maximum Gasteiger partial charge on any atom is 0.291 e. The number of nitro groups is 1. The van der Waals surface area contributed by atoms with Crippen molar-refractivity contribution in [2.75, 3.05) is 5.32 Å². The van der Waals surface area contributed by atoms with Crippen molar-refractivity contribution in [2.24, 2.45) is 0 Å². The zero-order valence-electron chi connectivity index (χ0n) is 15.0. The molecule has 0 radical (unpaired) electrons. The fourth-order valence-electron chi connectivity index (χ4n) is 2.59. The third-order valence-corrected chi connectivity index (χ3v) is 4.07. The number of hydrogen-bond acceptors (Lipinski definition) is 5. The highest BCUT2D eigenvalue weighted by Gasteiger charge is 2.14. The Balaban J connectivity index is 1.57. The maximum absolute atomic E-state index is 12.2. The molecule has 0 bridgehead atoms. The summed E-state index contributed by atoms with van der Waals surface area (Å²) in [5.41, 5.74) is 2.19. The number of nitrogens with zero attached hydrogens (tertiary/aromatic N) is 1. The summed E-state index contributed by atoms with van der Waals surface area (Å²) in [6.07, 6.45) is 1.42. The highest BCUT2D eigenvalue weighted by molar-refractivity contribution is 6.02. The van der Waals surface area contributed by atoms with Gasteiger partial charge < -0.3 is 15.1 Å². The predicted octanol–water partition coefficient (Wildman–Crippen LogP) is 3.68. The number of nitro benzene ring substituents is 1. The minimum absolute atomic E-state index is 0.0243. The van der Waals surface area contributed by atoms with Gasteiger partial charge in [-0.15, -0.1) is 0 Å². The molecule has 0 saturated carbocycles. The average Bonchev–Trinajstić information content (AvgIpc) is 3.22. The van der Waals surface area contributed by atoms with Crippen molar-refractivity contribution in [2.45, 2.75) is 13.5 Å². The zero-order valence-corrected chi connectivity index (χ0v) is 15.0. The van der Waals surface area contributed by atoms with Gasteiger partial charge in [0.15, 0.2) is 5.76 Å². The number of aryl methyl sites for hydroxylation is 1. The molecule has 2 amide bonds. The van der Waals surface area contributed by atoms with E-state index in [1.165, 1.54) is 24.5 Å². The van der Waals surface area contributed by atoms with Gasteiger partial charge in [0.1, 0.15) is 0 Å². The van der Waals surface area contributed by atoms with Gasteiger partial charge in [-0.3, -0.25) is 19.7 Å². The van der Waals surface area contributed by atoms with Crippen LogP contribution in [-0.2, 0) is 6.54 Å². The van der Waals surface area contributed by atoms with Crippen molar-refractivity contribution in [3.05, 3.63) is 93.4 Å². The molecule has 0 aliphatic heterocycles. The van der Waals surface area contributed by atoms with Gasteiger partial charge in [0.2, 0.25) is 0 Å². The molecule has 8 nitrogen and oxygen atoms in total. The number of carbonyl (C=O) groups is 2. The van der Waals surface area contributed by atoms with Crippen molar-refractivity contribution in [3.8, 4) is 0 Å². The van der Waals surface area contributed by atoms with Crippen LogP contribution >= 0.6 is 0 Å². The topological polar surface area (TPSA) is 114 Å². The highest BCUT2D eigenvalue weighted by Crippen LogP contribution is 2.19. The monoisotopic (exact) mass is 379 g/mol. The maximum atomic E-state index is 12.2. The lowest BCUT2D eigenvalue weighted by molar-refractivity contribution is -0.385. The molecule has 0 saturated heterocycles. The van der Waals surface area contributed by atoms with Gasteiger partial charge >= 0.3 is 0 Å². The molecule has 28 heavy (non-hydrogen) atoms. The van der Waals surface area contributed by atoms with E-state index in [1.807, 2.05) is 0 Å². The van der Waals surface area contributed by atoms with Gasteiger partial charge in [0.25, 0.3) is 17.5 Å². The van der Waals surface area contributed by atoms with Crippen LogP contribution in [0, 0.1) is 17.0 Å². The Morgan fingerprint density at radius 2 is 1.82 bits per heavy atom. The van der Waals surface area contributed by atoms with E-state index in [0.717, 1.165) is 5.56 Å². The first-order valence-electron chi connectivity index (χ1n) is 8.41. The first-order chi connectivity index (χ1) is 13.4. The number of hydrogen-bond donors (Lipinski definition) is 2. The molecule has 0 atom stereocenters. The fourth-order valence-corrected chi connectivity index (χ4v) is 2.59. The number of carbonyl (C=O) groups excluding carboxylic acids is 2. The number of rotatable bonds is 6. The zero-order chi connectivity index (χ0) is 20.1. The van der Waals surface area contributed by atoms with E-state index in [-0.39, 0.29) is 29.8 Å². The largest absolute Gasteiger partial charge is 0.459 e. The van der Waals surface area contributed by atoms with Crippen LogP contribution in [0.15, 0.2) is 65.3 Å². The molecule has 2 aromatic carbocycles.